The summed E-state index contributed by atoms with van der Waals surface area (Å²) in [6, 6.07) is 6.03. The Balaban J connectivity index is 2.27. The molecule has 0 aromatic heterocycles. The fourth-order valence-electron chi connectivity index (χ4n) is 2.12. The van der Waals surface area contributed by atoms with E-state index in [0.717, 1.165) is 19.3 Å². The number of esters is 1. The van der Waals surface area contributed by atoms with Crippen molar-refractivity contribution < 1.29 is 19.4 Å². The highest BCUT2D eigenvalue weighted by Gasteiger charge is 2.09. The van der Waals surface area contributed by atoms with Crippen LogP contribution in [0, 0.1) is 0 Å². The van der Waals surface area contributed by atoms with E-state index in [1.165, 1.54) is 37.8 Å². The molecule has 0 aliphatic heterocycles. The lowest BCUT2D eigenvalue weighted by atomic mass is 10.1. The summed E-state index contributed by atoms with van der Waals surface area (Å²) in [5, 5.41) is 10.9. The van der Waals surface area contributed by atoms with Crippen molar-refractivity contribution in [2.45, 2.75) is 58.3 Å². The third kappa shape index (κ3) is 6.93. The van der Waals surface area contributed by atoms with Crippen molar-refractivity contribution in [3.8, 4) is 5.75 Å². The molecule has 1 aromatic carbocycles. The Morgan fingerprint density at radius 3 is 2.29 bits per heavy atom. The molecule has 1 rings (SSSR count). The van der Waals surface area contributed by atoms with E-state index in [9.17, 15) is 14.7 Å². The molecule has 0 unspecified atom stereocenters. The Hall–Kier alpha value is -1.84. The van der Waals surface area contributed by atoms with Crippen molar-refractivity contribution in [2.75, 3.05) is 0 Å². The van der Waals surface area contributed by atoms with Crippen LogP contribution in [-0.2, 0) is 4.79 Å². The van der Waals surface area contributed by atoms with Gasteiger partial charge in [-0.2, -0.15) is 0 Å². The fourth-order valence-corrected chi connectivity index (χ4v) is 2.12. The number of carbonyl (C=O) groups is 2. The molecular weight excluding hydrogens is 268 g/mol. The number of unbranched alkanes of at least 4 members (excludes halogenated alkanes) is 6. The van der Waals surface area contributed by atoms with Gasteiger partial charge in [-0.15, -0.1) is 0 Å². The van der Waals surface area contributed by atoms with Gasteiger partial charge in [0.1, 0.15) is 5.75 Å². The molecule has 0 saturated heterocycles. The zero-order valence-corrected chi connectivity index (χ0v) is 12.6. The molecule has 0 atom stereocenters. The topological polar surface area (TPSA) is 66.4 Å². The Kier molecular flexibility index (Phi) is 8.17. The van der Waals surface area contributed by atoms with Crippen LogP contribution in [0.2, 0.25) is 0 Å². The molecule has 0 spiro atoms. The number of carbonyl (C=O) groups excluding carboxylic acids is 2. The summed E-state index contributed by atoms with van der Waals surface area (Å²) in [5.74, 6) is -1.67. The number of benzene rings is 1. The van der Waals surface area contributed by atoms with Crippen LogP contribution in [0.1, 0.15) is 68.6 Å². The lowest BCUT2D eigenvalue weighted by Crippen LogP contribution is -2.23. The summed E-state index contributed by atoms with van der Waals surface area (Å²) in [5.41, 5.74) is -0.0922. The van der Waals surface area contributed by atoms with E-state index in [2.05, 4.69) is 6.92 Å². The fraction of sp³-hybridized carbons (Fsp3) is 0.529. The molecule has 0 aliphatic rings. The van der Waals surface area contributed by atoms with Crippen molar-refractivity contribution in [1.29, 1.82) is 0 Å². The molecule has 1 aromatic rings. The molecule has 0 heterocycles. The van der Waals surface area contributed by atoms with Gasteiger partial charge in [-0.05, 0) is 18.6 Å². The second-order valence-electron chi connectivity index (χ2n) is 5.13. The molecule has 4 nitrogen and oxygen atoms in total. The van der Waals surface area contributed by atoms with Crippen LogP contribution in [0.25, 0.3) is 0 Å². The van der Waals surface area contributed by atoms with E-state index < -0.39 is 11.9 Å². The van der Waals surface area contributed by atoms with Gasteiger partial charge in [0.15, 0.2) is 0 Å². The first-order valence-corrected chi connectivity index (χ1v) is 7.66. The molecule has 0 fully saturated rings. The maximum atomic E-state index is 11.7. The Labute approximate surface area is 126 Å². The van der Waals surface area contributed by atoms with E-state index in [1.54, 1.807) is 12.1 Å². The summed E-state index contributed by atoms with van der Waals surface area (Å²) in [6.07, 6.45) is 8.17. The predicted molar refractivity (Wildman–Crippen MR) is 79.0 cm³/mol. The van der Waals surface area contributed by atoms with Crippen LogP contribution < -0.4 is 9.84 Å². The number of rotatable bonds is 10. The maximum Gasteiger partial charge on any atom is 0.311 e. The van der Waals surface area contributed by atoms with Gasteiger partial charge in [0, 0.05) is 12.0 Å². The molecule has 4 heteroatoms. The SMILES string of the molecule is CCCCCCCCCC(=O)Oc1ccccc1C(=O)[O-]. The molecule has 0 N–H and O–H groups in total. The van der Waals surface area contributed by atoms with E-state index in [0.29, 0.717) is 6.42 Å². The standard InChI is InChI=1S/C17H24O4/c1-2-3-4-5-6-7-8-13-16(18)21-15-12-10-9-11-14(15)17(19)20/h9-12H,2-8,13H2,1H3,(H,19,20)/p-1. The largest absolute Gasteiger partial charge is 0.545 e. The van der Waals surface area contributed by atoms with Gasteiger partial charge < -0.3 is 14.6 Å². The third-order valence-corrected chi connectivity index (χ3v) is 3.32. The number of hydrogen-bond donors (Lipinski definition) is 0. The first kappa shape index (κ1) is 17.2. The van der Waals surface area contributed by atoms with Crippen molar-refractivity contribution in [3.63, 3.8) is 0 Å². The van der Waals surface area contributed by atoms with E-state index in [1.807, 2.05) is 0 Å². The van der Waals surface area contributed by atoms with Crippen molar-refractivity contribution in [2.24, 2.45) is 0 Å². The third-order valence-electron chi connectivity index (χ3n) is 3.32. The predicted octanol–water partition coefficient (Wildman–Crippen LogP) is 3.10. The van der Waals surface area contributed by atoms with Crippen molar-refractivity contribution in [1.82, 2.24) is 0 Å². The van der Waals surface area contributed by atoms with E-state index in [4.69, 9.17) is 4.74 Å². The highest BCUT2D eigenvalue weighted by atomic mass is 16.5. The summed E-state index contributed by atoms with van der Waals surface area (Å²) < 4.78 is 5.09. The van der Waals surface area contributed by atoms with Crippen LogP contribution in [0.15, 0.2) is 24.3 Å². The van der Waals surface area contributed by atoms with Gasteiger partial charge in [-0.25, -0.2) is 0 Å². The highest BCUT2D eigenvalue weighted by molar-refractivity contribution is 5.90. The first-order chi connectivity index (χ1) is 10.1. The van der Waals surface area contributed by atoms with Gasteiger partial charge in [0.05, 0.1) is 5.97 Å². The quantitative estimate of drug-likeness (QED) is 0.377. The smallest absolute Gasteiger partial charge is 0.311 e. The number of para-hydroxylation sites is 1. The zero-order valence-electron chi connectivity index (χ0n) is 12.6. The molecule has 0 saturated carbocycles. The van der Waals surface area contributed by atoms with Gasteiger partial charge in [-0.3, -0.25) is 4.79 Å². The van der Waals surface area contributed by atoms with Crippen LogP contribution in [0.5, 0.6) is 5.75 Å². The second kappa shape index (κ2) is 9.97. The summed E-state index contributed by atoms with van der Waals surface area (Å²) in [7, 11) is 0. The molecular formula is C17H23O4-. The molecule has 0 amide bonds. The molecule has 0 radical (unpaired) electrons. The van der Waals surface area contributed by atoms with Crippen LogP contribution in [-0.4, -0.2) is 11.9 Å². The Bertz CT molecular complexity index is 454. The van der Waals surface area contributed by atoms with Gasteiger partial charge >= 0.3 is 5.97 Å². The minimum atomic E-state index is -1.34. The number of carboxylic acids is 1. The monoisotopic (exact) mass is 291 g/mol. The van der Waals surface area contributed by atoms with Crippen LogP contribution in [0.4, 0.5) is 0 Å². The summed E-state index contributed by atoms with van der Waals surface area (Å²) in [6.45, 7) is 2.18. The lowest BCUT2D eigenvalue weighted by molar-refractivity contribution is -0.255. The molecule has 0 aliphatic carbocycles. The average Bonchev–Trinajstić information content (AvgIpc) is 2.46. The van der Waals surface area contributed by atoms with Crippen molar-refractivity contribution in [3.05, 3.63) is 29.8 Å². The Morgan fingerprint density at radius 2 is 1.62 bits per heavy atom. The first-order valence-electron chi connectivity index (χ1n) is 7.66. The van der Waals surface area contributed by atoms with E-state index >= 15 is 0 Å². The minimum absolute atomic E-state index is 0.0606. The molecule has 21 heavy (non-hydrogen) atoms. The number of hydrogen-bond acceptors (Lipinski definition) is 4. The number of carboxylic acid groups (broad SMARTS) is 1. The van der Waals surface area contributed by atoms with Crippen LogP contribution in [0.3, 0.4) is 0 Å². The van der Waals surface area contributed by atoms with Gasteiger partial charge in [-0.1, -0.05) is 57.6 Å². The van der Waals surface area contributed by atoms with Crippen molar-refractivity contribution >= 4 is 11.9 Å². The van der Waals surface area contributed by atoms with Gasteiger partial charge in [0.2, 0.25) is 0 Å². The maximum absolute atomic E-state index is 11.7. The number of aromatic carboxylic acids is 1. The summed E-state index contributed by atoms with van der Waals surface area (Å²) >= 11 is 0. The minimum Gasteiger partial charge on any atom is -0.545 e. The van der Waals surface area contributed by atoms with Crippen LogP contribution >= 0.6 is 0 Å². The van der Waals surface area contributed by atoms with E-state index in [-0.39, 0.29) is 11.3 Å². The molecule has 116 valence electrons. The normalized spacial score (nSPS) is 10.3. The lowest BCUT2D eigenvalue weighted by Gasteiger charge is -2.10. The molecule has 0 bridgehead atoms. The number of ether oxygens (including phenoxy) is 1. The Morgan fingerprint density at radius 1 is 1.00 bits per heavy atom. The second-order valence-corrected chi connectivity index (χ2v) is 5.13. The summed E-state index contributed by atoms with van der Waals surface area (Å²) in [4.78, 5) is 22.6. The highest BCUT2D eigenvalue weighted by Crippen LogP contribution is 2.18. The van der Waals surface area contributed by atoms with Gasteiger partial charge in [0.25, 0.3) is 0 Å². The zero-order chi connectivity index (χ0) is 15.5. The average molecular weight is 291 g/mol.